The minimum absolute atomic E-state index is 0.0281. The summed E-state index contributed by atoms with van der Waals surface area (Å²) in [6.07, 6.45) is 3.15. The minimum atomic E-state index is -0.410. The largest absolute Gasteiger partial charge is 0.376 e. The maximum absolute atomic E-state index is 11.8. The first-order valence-electron chi connectivity index (χ1n) is 7.36. The maximum Gasteiger partial charge on any atom is 0.239 e. The molecular formula is C16H24N2O2. The second kappa shape index (κ2) is 7.41. The van der Waals surface area contributed by atoms with E-state index in [4.69, 9.17) is 10.5 Å². The maximum atomic E-state index is 11.8. The Balaban J connectivity index is 1.63. The van der Waals surface area contributed by atoms with Gasteiger partial charge in [-0.1, -0.05) is 30.3 Å². The van der Waals surface area contributed by atoms with Gasteiger partial charge in [-0.05, 0) is 31.7 Å². The molecule has 1 fully saturated rings. The Hall–Kier alpha value is -1.39. The quantitative estimate of drug-likeness (QED) is 0.803. The van der Waals surface area contributed by atoms with Crippen LogP contribution in [0.15, 0.2) is 30.3 Å². The van der Waals surface area contributed by atoms with Crippen molar-refractivity contribution in [2.45, 2.75) is 38.3 Å². The average molecular weight is 276 g/mol. The Kier molecular flexibility index (Phi) is 5.56. The molecule has 1 saturated heterocycles. The van der Waals surface area contributed by atoms with Crippen LogP contribution in [-0.2, 0) is 16.0 Å². The monoisotopic (exact) mass is 276 g/mol. The van der Waals surface area contributed by atoms with E-state index in [1.165, 1.54) is 5.56 Å². The number of rotatable bonds is 6. The fraction of sp³-hybridized carbons (Fsp3) is 0.562. The van der Waals surface area contributed by atoms with Gasteiger partial charge in [0, 0.05) is 19.7 Å². The molecule has 1 aromatic rings. The molecule has 0 bridgehead atoms. The normalized spacial score (nSPS) is 20.1. The predicted octanol–water partition coefficient (Wildman–Crippen LogP) is 1.58. The lowest BCUT2D eigenvalue weighted by Crippen LogP contribution is -2.41. The van der Waals surface area contributed by atoms with Crippen LogP contribution in [0.4, 0.5) is 0 Å². The van der Waals surface area contributed by atoms with E-state index < -0.39 is 6.04 Å². The summed E-state index contributed by atoms with van der Waals surface area (Å²) in [4.78, 5) is 13.6. The molecule has 1 unspecified atom stereocenters. The molecule has 1 heterocycles. The van der Waals surface area contributed by atoms with Crippen molar-refractivity contribution in [3.8, 4) is 0 Å². The number of carbonyl (C=O) groups is 1. The fourth-order valence-electron chi connectivity index (χ4n) is 2.52. The number of ether oxygens (including phenoxy) is 1. The molecule has 20 heavy (non-hydrogen) atoms. The first kappa shape index (κ1) is 15.0. The van der Waals surface area contributed by atoms with Crippen LogP contribution in [-0.4, -0.2) is 42.6 Å². The second-order valence-corrected chi connectivity index (χ2v) is 5.44. The number of hydrogen-bond acceptors (Lipinski definition) is 3. The van der Waals surface area contributed by atoms with Crippen molar-refractivity contribution in [2.24, 2.45) is 5.73 Å². The van der Waals surface area contributed by atoms with Gasteiger partial charge in [0.15, 0.2) is 0 Å². The number of nitrogens with zero attached hydrogens (tertiary/aromatic N) is 1. The summed E-state index contributed by atoms with van der Waals surface area (Å²) in [5.41, 5.74) is 6.96. The fourth-order valence-corrected chi connectivity index (χ4v) is 2.52. The Labute approximate surface area is 120 Å². The molecule has 2 N–H and O–H groups in total. The van der Waals surface area contributed by atoms with Crippen molar-refractivity contribution in [3.63, 3.8) is 0 Å². The third-order valence-corrected chi connectivity index (χ3v) is 3.65. The molecule has 0 radical (unpaired) electrons. The van der Waals surface area contributed by atoms with Gasteiger partial charge in [0.25, 0.3) is 0 Å². The van der Waals surface area contributed by atoms with Crippen LogP contribution in [0, 0.1) is 0 Å². The highest BCUT2D eigenvalue weighted by atomic mass is 16.5. The number of aryl methyl sites for hydroxylation is 1. The van der Waals surface area contributed by atoms with E-state index in [0.29, 0.717) is 6.54 Å². The number of benzene rings is 1. The number of carbonyl (C=O) groups excluding carboxylic acids is 1. The van der Waals surface area contributed by atoms with Gasteiger partial charge in [-0.2, -0.15) is 0 Å². The lowest BCUT2D eigenvalue weighted by Gasteiger charge is -2.18. The second-order valence-electron chi connectivity index (χ2n) is 5.44. The van der Waals surface area contributed by atoms with E-state index in [9.17, 15) is 4.79 Å². The van der Waals surface area contributed by atoms with Crippen LogP contribution in [0.25, 0.3) is 0 Å². The highest BCUT2D eigenvalue weighted by Gasteiger charge is 2.27. The van der Waals surface area contributed by atoms with Crippen molar-refractivity contribution in [2.75, 3.05) is 19.7 Å². The third-order valence-electron chi connectivity index (χ3n) is 3.65. The van der Waals surface area contributed by atoms with Crippen LogP contribution in [0.5, 0.6) is 0 Å². The minimum Gasteiger partial charge on any atom is -0.376 e. The van der Waals surface area contributed by atoms with Crippen LogP contribution >= 0.6 is 0 Å². The first-order valence-corrected chi connectivity index (χ1v) is 7.36. The highest BCUT2D eigenvalue weighted by molar-refractivity contribution is 5.81. The van der Waals surface area contributed by atoms with E-state index in [1.54, 1.807) is 6.92 Å². The molecule has 0 aromatic heterocycles. The zero-order valence-electron chi connectivity index (χ0n) is 12.1. The van der Waals surface area contributed by atoms with Gasteiger partial charge in [0.1, 0.15) is 0 Å². The van der Waals surface area contributed by atoms with E-state index in [0.717, 1.165) is 32.4 Å². The van der Waals surface area contributed by atoms with Crippen LogP contribution < -0.4 is 5.73 Å². The zero-order chi connectivity index (χ0) is 14.4. The summed E-state index contributed by atoms with van der Waals surface area (Å²) in [7, 11) is 0. The molecule has 4 heteroatoms. The van der Waals surface area contributed by atoms with Gasteiger partial charge in [-0.15, -0.1) is 0 Å². The zero-order valence-corrected chi connectivity index (χ0v) is 12.1. The molecule has 1 aromatic carbocycles. The molecule has 110 valence electrons. The number of nitrogens with two attached hydrogens (primary N) is 1. The summed E-state index contributed by atoms with van der Waals surface area (Å²) in [6.45, 7) is 3.94. The smallest absolute Gasteiger partial charge is 0.239 e. The van der Waals surface area contributed by atoms with Crippen LogP contribution in [0.3, 0.4) is 0 Å². The van der Waals surface area contributed by atoms with Gasteiger partial charge in [-0.3, -0.25) is 4.79 Å². The molecule has 1 amide bonds. The Morgan fingerprint density at radius 3 is 2.90 bits per heavy atom. The molecule has 2 atom stereocenters. The lowest BCUT2D eigenvalue weighted by molar-refractivity contribution is -0.131. The van der Waals surface area contributed by atoms with Gasteiger partial charge in [0.2, 0.25) is 5.91 Å². The highest BCUT2D eigenvalue weighted by Crippen LogP contribution is 2.14. The molecule has 1 aliphatic heterocycles. The Morgan fingerprint density at radius 2 is 2.20 bits per heavy atom. The molecule has 1 aliphatic rings. The Morgan fingerprint density at radius 1 is 1.45 bits per heavy atom. The third kappa shape index (κ3) is 4.32. The van der Waals surface area contributed by atoms with E-state index >= 15 is 0 Å². The number of amides is 1. The summed E-state index contributed by atoms with van der Waals surface area (Å²) >= 11 is 0. The van der Waals surface area contributed by atoms with Crippen LogP contribution in [0.1, 0.15) is 25.3 Å². The van der Waals surface area contributed by atoms with Gasteiger partial charge in [-0.25, -0.2) is 0 Å². The molecule has 0 aliphatic carbocycles. The van der Waals surface area contributed by atoms with Crippen molar-refractivity contribution in [1.29, 1.82) is 0 Å². The molecular weight excluding hydrogens is 252 g/mol. The van der Waals surface area contributed by atoms with Gasteiger partial charge < -0.3 is 15.4 Å². The standard InChI is InChI=1S/C16H24N2O2/c1-13(17)16(19)18-10-9-15(12-18)20-11-5-8-14-6-3-2-4-7-14/h2-4,6-7,13,15H,5,8-12,17H2,1H3/t13-,15?/m1/s1. The van der Waals surface area contributed by atoms with E-state index in [1.807, 2.05) is 11.0 Å². The summed E-state index contributed by atoms with van der Waals surface area (Å²) in [5, 5.41) is 0. The molecule has 4 nitrogen and oxygen atoms in total. The van der Waals surface area contributed by atoms with Crippen LogP contribution in [0.2, 0.25) is 0 Å². The molecule has 0 saturated carbocycles. The summed E-state index contributed by atoms with van der Waals surface area (Å²) in [6, 6.07) is 10.0. The number of likely N-dealkylation sites (tertiary alicyclic amines) is 1. The summed E-state index contributed by atoms with van der Waals surface area (Å²) < 4.78 is 5.85. The summed E-state index contributed by atoms with van der Waals surface area (Å²) in [5.74, 6) is 0.0281. The number of hydrogen-bond donors (Lipinski definition) is 1. The van der Waals surface area contributed by atoms with Crippen molar-refractivity contribution >= 4 is 5.91 Å². The SMILES string of the molecule is C[C@@H](N)C(=O)N1CCC(OCCCc2ccccc2)C1. The van der Waals surface area contributed by atoms with Gasteiger partial charge in [0.05, 0.1) is 12.1 Å². The van der Waals surface area contributed by atoms with E-state index in [2.05, 4.69) is 24.3 Å². The van der Waals surface area contributed by atoms with Crippen molar-refractivity contribution in [1.82, 2.24) is 4.90 Å². The Bertz CT molecular complexity index is 420. The van der Waals surface area contributed by atoms with E-state index in [-0.39, 0.29) is 12.0 Å². The van der Waals surface area contributed by atoms with Crippen molar-refractivity contribution < 1.29 is 9.53 Å². The predicted molar refractivity (Wildman–Crippen MR) is 79.3 cm³/mol. The van der Waals surface area contributed by atoms with Crippen molar-refractivity contribution in [3.05, 3.63) is 35.9 Å². The van der Waals surface area contributed by atoms with Gasteiger partial charge >= 0.3 is 0 Å². The topological polar surface area (TPSA) is 55.6 Å². The molecule has 0 spiro atoms. The average Bonchev–Trinajstić information content (AvgIpc) is 2.92. The molecule has 2 rings (SSSR count). The lowest BCUT2D eigenvalue weighted by atomic mass is 10.1. The first-order chi connectivity index (χ1) is 9.66.